The lowest BCUT2D eigenvalue weighted by molar-refractivity contribution is 0.0816. The molecule has 0 spiro atoms. The van der Waals surface area contributed by atoms with Crippen LogP contribution in [0.15, 0.2) is 18.2 Å². The summed E-state index contributed by atoms with van der Waals surface area (Å²) < 4.78 is 13.7. The van der Waals surface area contributed by atoms with Gasteiger partial charge in [0, 0.05) is 5.56 Å². The second kappa shape index (κ2) is 4.96. The van der Waals surface area contributed by atoms with E-state index in [2.05, 4.69) is 0 Å². The molecule has 1 saturated carbocycles. The number of hydrogen-bond donors (Lipinski definition) is 1. The average Bonchev–Trinajstić information content (AvgIpc) is 2.29. The number of aliphatic hydroxyl groups excluding tert-OH is 1. The largest absolute Gasteiger partial charge is 0.388 e. The third kappa shape index (κ3) is 2.43. The minimum atomic E-state index is -0.624. The van der Waals surface area contributed by atoms with Crippen LogP contribution in [0.2, 0.25) is 0 Å². The fourth-order valence-electron chi connectivity index (χ4n) is 2.58. The van der Waals surface area contributed by atoms with Crippen molar-refractivity contribution in [3.05, 3.63) is 35.1 Å². The fraction of sp³-hybridized carbons (Fsp3) is 0.571. The number of rotatable bonds is 2. The van der Waals surface area contributed by atoms with E-state index in [0.717, 1.165) is 31.2 Å². The maximum Gasteiger partial charge on any atom is 0.129 e. The Hall–Kier alpha value is -0.890. The highest BCUT2D eigenvalue weighted by Gasteiger charge is 2.24. The Morgan fingerprint density at radius 1 is 1.25 bits per heavy atom. The van der Waals surface area contributed by atoms with Crippen molar-refractivity contribution in [1.29, 1.82) is 0 Å². The third-order valence-corrected chi connectivity index (χ3v) is 3.57. The molecule has 1 aromatic carbocycles. The molecule has 1 N–H and O–H groups in total. The first-order chi connectivity index (χ1) is 7.68. The van der Waals surface area contributed by atoms with E-state index in [1.54, 1.807) is 6.07 Å². The summed E-state index contributed by atoms with van der Waals surface area (Å²) in [5.74, 6) is -0.0240. The lowest BCUT2D eigenvalue weighted by Gasteiger charge is -2.27. The van der Waals surface area contributed by atoms with Gasteiger partial charge < -0.3 is 5.11 Å². The van der Waals surface area contributed by atoms with Gasteiger partial charge in [-0.3, -0.25) is 0 Å². The molecule has 1 atom stereocenters. The summed E-state index contributed by atoms with van der Waals surface area (Å²) in [7, 11) is 0. The molecule has 0 aliphatic heterocycles. The van der Waals surface area contributed by atoms with Crippen LogP contribution in [0.3, 0.4) is 0 Å². The van der Waals surface area contributed by atoms with Crippen LogP contribution in [-0.2, 0) is 0 Å². The molecule has 0 heterocycles. The van der Waals surface area contributed by atoms with Crippen LogP contribution in [0.25, 0.3) is 0 Å². The molecule has 1 unspecified atom stereocenters. The number of aliphatic hydroxyl groups is 1. The molecule has 1 aromatic rings. The first kappa shape index (κ1) is 11.6. The van der Waals surface area contributed by atoms with Crippen molar-refractivity contribution < 1.29 is 9.50 Å². The number of hydrogen-bond acceptors (Lipinski definition) is 1. The van der Waals surface area contributed by atoms with Gasteiger partial charge in [0.15, 0.2) is 0 Å². The van der Waals surface area contributed by atoms with Crippen LogP contribution < -0.4 is 0 Å². The van der Waals surface area contributed by atoms with Crippen molar-refractivity contribution in [3.63, 3.8) is 0 Å². The molecule has 1 nitrogen and oxygen atoms in total. The Kier molecular flexibility index (Phi) is 3.59. The van der Waals surface area contributed by atoms with Crippen LogP contribution in [0.1, 0.15) is 49.3 Å². The highest BCUT2D eigenvalue weighted by molar-refractivity contribution is 5.25. The molecule has 1 fully saturated rings. The van der Waals surface area contributed by atoms with E-state index in [4.69, 9.17) is 0 Å². The standard InChI is InChI=1S/C14H19FO/c1-10-7-8-12(13(15)9-10)14(16)11-5-3-2-4-6-11/h7-9,11,14,16H,2-6H2,1H3. The molecule has 16 heavy (non-hydrogen) atoms. The van der Waals surface area contributed by atoms with Crippen LogP contribution in [0.5, 0.6) is 0 Å². The molecule has 2 heteroatoms. The molecular weight excluding hydrogens is 203 g/mol. The predicted molar refractivity (Wildman–Crippen MR) is 62.7 cm³/mol. The summed E-state index contributed by atoms with van der Waals surface area (Å²) in [6.07, 6.45) is 4.99. The Bertz CT molecular complexity index is 356. The summed E-state index contributed by atoms with van der Waals surface area (Å²) in [6.45, 7) is 1.86. The first-order valence-electron chi connectivity index (χ1n) is 6.12. The first-order valence-corrected chi connectivity index (χ1v) is 6.12. The van der Waals surface area contributed by atoms with E-state index in [0.29, 0.717) is 5.56 Å². The van der Waals surface area contributed by atoms with E-state index in [1.165, 1.54) is 12.5 Å². The molecule has 88 valence electrons. The molecule has 0 saturated heterocycles. The van der Waals surface area contributed by atoms with E-state index < -0.39 is 6.10 Å². The summed E-state index contributed by atoms with van der Waals surface area (Å²) in [5.41, 5.74) is 1.37. The van der Waals surface area contributed by atoms with E-state index in [9.17, 15) is 9.50 Å². The van der Waals surface area contributed by atoms with Crippen molar-refractivity contribution in [3.8, 4) is 0 Å². The maximum absolute atomic E-state index is 13.7. The Labute approximate surface area is 96.3 Å². The van der Waals surface area contributed by atoms with E-state index >= 15 is 0 Å². The number of halogens is 1. The van der Waals surface area contributed by atoms with Crippen molar-refractivity contribution in [1.82, 2.24) is 0 Å². The molecule has 0 radical (unpaired) electrons. The summed E-state index contributed by atoms with van der Waals surface area (Å²) in [5, 5.41) is 10.2. The molecule has 1 aliphatic carbocycles. The quantitative estimate of drug-likeness (QED) is 0.808. The van der Waals surface area contributed by atoms with Gasteiger partial charge in [-0.25, -0.2) is 4.39 Å². The molecular formula is C14H19FO. The van der Waals surface area contributed by atoms with Gasteiger partial charge in [-0.2, -0.15) is 0 Å². The lowest BCUT2D eigenvalue weighted by Crippen LogP contribution is -2.17. The maximum atomic E-state index is 13.7. The minimum Gasteiger partial charge on any atom is -0.388 e. The Morgan fingerprint density at radius 2 is 1.94 bits per heavy atom. The molecule has 0 bridgehead atoms. The lowest BCUT2D eigenvalue weighted by atomic mass is 9.82. The number of benzene rings is 1. The van der Waals surface area contributed by atoms with E-state index in [-0.39, 0.29) is 11.7 Å². The highest BCUT2D eigenvalue weighted by atomic mass is 19.1. The Morgan fingerprint density at radius 3 is 2.56 bits per heavy atom. The molecule has 0 amide bonds. The summed E-state index contributed by atoms with van der Waals surface area (Å²) in [4.78, 5) is 0. The number of aryl methyl sites for hydroxylation is 1. The SMILES string of the molecule is Cc1ccc(C(O)C2CCCCC2)c(F)c1. The minimum absolute atomic E-state index is 0.242. The van der Waals surface area contributed by atoms with Crippen molar-refractivity contribution >= 4 is 0 Å². The van der Waals surface area contributed by atoms with Crippen LogP contribution in [0, 0.1) is 18.7 Å². The predicted octanol–water partition coefficient (Wildman–Crippen LogP) is 3.75. The molecule has 1 aliphatic rings. The van der Waals surface area contributed by atoms with Gasteiger partial charge in [-0.05, 0) is 37.3 Å². The van der Waals surface area contributed by atoms with Gasteiger partial charge in [0.25, 0.3) is 0 Å². The van der Waals surface area contributed by atoms with Gasteiger partial charge in [0.1, 0.15) is 5.82 Å². The Balaban J connectivity index is 2.15. The normalized spacial score (nSPS) is 19.7. The fourth-order valence-corrected chi connectivity index (χ4v) is 2.58. The summed E-state index contributed by atoms with van der Waals surface area (Å²) >= 11 is 0. The summed E-state index contributed by atoms with van der Waals surface area (Å²) in [6, 6.07) is 5.09. The van der Waals surface area contributed by atoms with E-state index in [1.807, 2.05) is 13.0 Å². The van der Waals surface area contributed by atoms with Gasteiger partial charge in [0.2, 0.25) is 0 Å². The highest BCUT2D eigenvalue weighted by Crippen LogP contribution is 2.35. The van der Waals surface area contributed by atoms with Crippen molar-refractivity contribution in [2.24, 2.45) is 5.92 Å². The third-order valence-electron chi connectivity index (χ3n) is 3.57. The average molecular weight is 222 g/mol. The second-order valence-corrected chi connectivity index (χ2v) is 4.87. The second-order valence-electron chi connectivity index (χ2n) is 4.87. The van der Waals surface area contributed by atoms with Crippen molar-refractivity contribution in [2.75, 3.05) is 0 Å². The zero-order chi connectivity index (χ0) is 11.5. The monoisotopic (exact) mass is 222 g/mol. The van der Waals surface area contributed by atoms with Gasteiger partial charge in [0.05, 0.1) is 6.10 Å². The van der Waals surface area contributed by atoms with Crippen LogP contribution in [-0.4, -0.2) is 5.11 Å². The topological polar surface area (TPSA) is 20.2 Å². The van der Waals surface area contributed by atoms with Crippen molar-refractivity contribution in [2.45, 2.75) is 45.1 Å². The smallest absolute Gasteiger partial charge is 0.129 e. The van der Waals surface area contributed by atoms with Gasteiger partial charge in [-0.15, -0.1) is 0 Å². The molecule has 0 aromatic heterocycles. The zero-order valence-corrected chi connectivity index (χ0v) is 9.75. The van der Waals surface area contributed by atoms with Crippen LogP contribution >= 0.6 is 0 Å². The van der Waals surface area contributed by atoms with Crippen LogP contribution in [0.4, 0.5) is 4.39 Å². The zero-order valence-electron chi connectivity index (χ0n) is 9.75. The van der Waals surface area contributed by atoms with Gasteiger partial charge in [-0.1, -0.05) is 31.4 Å². The molecule has 2 rings (SSSR count). The van der Waals surface area contributed by atoms with Gasteiger partial charge >= 0.3 is 0 Å².